The van der Waals surface area contributed by atoms with Crippen molar-refractivity contribution in [3.63, 3.8) is 0 Å². The molecule has 140 valence electrons. The number of rotatable bonds is 7. The molecule has 0 fully saturated rings. The molecule has 1 atom stereocenters. The van der Waals surface area contributed by atoms with Gasteiger partial charge in [0.15, 0.2) is 6.61 Å². The molecule has 0 saturated carbocycles. The quantitative estimate of drug-likeness (QED) is 0.712. The molecule has 0 aromatic heterocycles. The van der Waals surface area contributed by atoms with Gasteiger partial charge in [-0.2, -0.15) is 0 Å². The number of aryl methyl sites for hydroxylation is 1. The predicted octanol–water partition coefficient (Wildman–Crippen LogP) is 1.44. The van der Waals surface area contributed by atoms with Gasteiger partial charge in [0.25, 0.3) is 0 Å². The van der Waals surface area contributed by atoms with Gasteiger partial charge < -0.3 is 24.8 Å². The molecule has 2 amide bonds. The van der Waals surface area contributed by atoms with Crippen molar-refractivity contribution in [2.75, 3.05) is 19.8 Å². The van der Waals surface area contributed by atoms with Gasteiger partial charge in [0.1, 0.15) is 12.4 Å². The number of carbonyl (C=O) groups is 3. The Morgan fingerprint density at radius 3 is 2.62 bits per heavy atom. The number of amides is 2. The van der Waals surface area contributed by atoms with Gasteiger partial charge in [-0.1, -0.05) is 18.2 Å². The van der Waals surface area contributed by atoms with E-state index in [0.29, 0.717) is 5.75 Å². The molecule has 1 aliphatic rings. The first-order valence-corrected chi connectivity index (χ1v) is 8.24. The van der Waals surface area contributed by atoms with Gasteiger partial charge in [-0.3, -0.25) is 0 Å². The summed E-state index contributed by atoms with van der Waals surface area (Å²) in [5.41, 5.74) is 1.31. The molecule has 0 bridgehead atoms. The van der Waals surface area contributed by atoms with Crippen molar-refractivity contribution in [3.05, 3.63) is 41.1 Å². The number of carbonyl (C=O) groups excluding carboxylic acids is 3. The summed E-state index contributed by atoms with van der Waals surface area (Å²) in [5.74, 6) is -0.612. The number of benzene rings is 1. The Bertz CT molecular complexity index is 728. The molecule has 0 aliphatic carbocycles. The summed E-state index contributed by atoms with van der Waals surface area (Å²) in [6.45, 7) is 4.84. The Labute approximate surface area is 151 Å². The van der Waals surface area contributed by atoms with Crippen LogP contribution < -0.4 is 15.4 Å². The highest BCUT2D eigenvalue weighted by Crippen LogP contribution is 2.17. The predicted molar refractivity (Wildman–Crippen MR) is 92.4 cm³/mol. The molecule has 1 aliphatic heterocycles. The minimum Gasteiger partial charge on any atom is -0.482 e. The monoisotopic (exact) mass is 362 g/mol. The van der Waals surface area contributed by atoms with Crippen molar-refractivity contribution in [3.8, 4) is 5.75 Å². The zero-order chi connectivity index (χ0) is 19.1. The first kappa shape index (κ1) is 19.3. The largest absolute Gasteiger partial charge is 0.482 e. The van der Waals surface area contributed by atoms with Gasteiger partial charge >= 0.3 is 18.0 Å². The average molecular weight is 362 g/mol. The molecule has 1 aromatic carbocycles. The van der Waals surface area contributed by atoms with Crippen LogP contribution in [0.5, 0.6) is 5.75 Å². The first-order chi connectivity index (χ1) is 12.4. The van der Waals surface area contributed by atoms with E-state index in [2.05, 4.69) is 10.6 Å². The number of ether oxygens (including phenoxy) is 3. The standard InChI is InChI=1S/C18H22N2O6/c1-4-24-17(22)16-12(3)19-18(23)20-13(16)9-26-15(21)10-25-14-8-6-5-7-11(14)2/h5-8,12H,4,9-10H2,1-3H3,(H2,19,20,23)/t12-/m0/s1. The third kappa shape index (κ3) is 4.98. The summed E-state index contributed by atoms with van der Waals surface area (Å²) >= 11 is 0. The Hall–Kier alpha value is -3.03. The van der Waals surface area contributed by atoms with E-state index >= 15 is 0 Å². The Kier molecular flexibility index (Phi) is 6.60. The van der Waals surface area contributed by atoms with Crippen LogP contribution in [0.25, 0.3) is 0 Å². The smallest absolute Gasteiger partial charge is 0.344 e. The fourth-order valence-electron chi connectivity index (χ4n) is 2.44. The summed E-state index contributed by atoms with van der Waals surface area (Å²) in [5, 5.41) is 5.05. The Morgan fingerprint density at radius 1 is 1.19 bits per heavy atom. The van der Waals surface area contributed by atoms with Crippen LogP contribution in [0.1, 0.15) is 19.4 Å². The molecule has 2 rings (SSSR count). The summed E-state index contributed by atoms with van der Waals surface area (Å²) in [6.07, 6.45) is 0. The maximum atomic E-state index is 12.1. The normalized spacial score (nSPS) is 16.4. The fraction of sp³-hybridized carbons (Fsp3) is 0.389. The van der Waals surface area contributed by atoms with Crippen LogP contribution in [0, 0.1) is 6.92 Å². The number of hydrogen-bond acceptors (Lipinski definition) is 6. The lowest BCUT2D eigenvalue weighted by Gasteiger charge is -2.26. The van der Waals surface area contributed by atoms with Crippen molar-refractivity contribution in [2.24, 2.45) is 0 Å². The number of urea groups is 1. The molecule has 8 heteroatoms. The highest BCUT2D eigenvalue weighted by molar-refractivity contribution is 5.94. The van der Waals surface area contributed by atoms with Crippen molar-refractivity contribution in [1.82, 2.24) is 10.6 Å². The second kappa shape index (κ2) is 8.89. The van der Waals surface area contributed by atoms with Gasteiger partial charge in [0.05, 0.1) is 23.9 Å². The third-order valence-electron chi connectivity index (χ3n) is 3.68. The third-order valence-corrected chi connectivity index (χ3v) is 3.68. The molecule has 26 heavy (non-hydrogen) atoms. The molecule has 8 nitrogen and oxygen atoms in total. The highest BCUT2D eigenvalue weighted by atomic mass is 16.6. The minimum atomic E-state index is -0.621. The number of esters is 2. The van der Waals surface area contributed by atoms with Crippen LogP contribution in [-0.4, -0.2) is 43.8 Å². The van der Waals surface area contributed by atoms with Crippen molar-refractivity contribution < 1.29 is 28.6 Å². The lowest BCUT2D eigenvalue weighted by atomic mass is 10.0. The average Bonchev–Trinajstić information content (AvgIpc) is 2.58. The van der Waals surface area contributed by atoms with Gasteiger partial charge in [-0.25, -0.2) is 14.4 Å². The van der Waals surface area contributed by atoms with E-state index in [1.807, 2.05) is 19.1 Å². The summed E-state index contributed by atoms with van der Waals surface area (Å²) in [7, 11) is 0. The molecule has 0 spiro atoms. The minimum absolute atomic E-state index is 0.195. The maximum absolute atomic E-state index is 12.1. The lowest BCUT2D eigenvalue weighted by molar-refractivity contribution is -0.145. The van der Waals surface area contributed by atoms with E-state index in [4.69, 9.17) is 14.2 Å². The van der Waals surface area contributed by atoms with Crippen LogP contribution in [-0.2, 0) is 19.1 Å². The zero-order valence-corrected chi connectivity index (χ0v) is 15.0. The molecule has 0 saturated heterocycles. The lowest BCUT2D eigenvalue weighted by Crippen LogP contribution is -2.50. The van der Waals surface area contributed by atoms with E-state index in [1.54, 1.807) is 26.0 Å². The van der Waals surface area contributed by atoms with Crippen molar-refractivity contribution >= 4 is 18.0 Å². The van der Waals surface area contributed by atoms with Gasteiger partial charge in [0, 0.05) is 0 Å². The summed E-state index contributed by atoms with van der Waals surface area (Å²) in [6, 6.07) is 6.25. The number of nitrogens with one attached hydrogen (secondary N) is 2. The molecular formula is C18H22N2O6. The van der Waals surface area contributed by atoms with Crippen LogP contribution in [0.3, 0.4) is 0 Å². The molecule has 0 unspecified atom stereocenters. The second-order valence-corrected chi connectivity index (χ2v) is 5.65. The van der Waals surface area contributed by atoms with Crippen LogP contribution in [0.4, 0.5) is 4.79 Å². The van der Waals surface area contributed by atoms with E-state index in [1.165, 1.54) is 0 Å². The first-order valence-electron chi connectivity index (χ1n) is 8.24. The summed E-state index contributed by atoms with van der Waals surface area (Å²) < 4.78 is 15.5. The van der Waals surface area contributed by atoms with Crippen LogP contribution in [0.2, 0.25) is 0 Å². The summed E-state index contributed by atoms with van der Waals surface area (Å²) in [4.78, 5) is 35.6. The Morgan fingerprint density at radius 2 is 1.92 bits per heavy atom. The molecule has 2 N–H and O–H groups in total. The Balaban J connectivity index is 1.99. The zero-order valence-electron chi connectivity index (χ0n) is 15.0. The van der Waals surface area contributed by atoms with Gasteiger partial charge in [-0.15, -0.1) is 0 Å². The molecule has 1 heterocycles. The van der Waals surface area contributed by atoms with E-state index < -0.39 is 24.0 Å². The van der Waals surface area contributed by atoms with Crippen molar-refractivity contribution in [1.29, 1.82) is 0 Å². The highest BCUT2D eigenvalue weighted by Gasteiger charge is 2.30. The van der Waals surface area contributed by atoms with E-state index in [0.717, 1.165) is 5.56 Å². The van der Waals surface area contributed by atoms with Gasteiger partial charge in [0.2, 0.25) is 0 Å². The van der Waals surface area contributed by atoms with Crippen molar-refractivity contribution in [2.45, 2.75) is 26.8 Å². The topological polar surface area (TPSA) is 103 Å². The second-order valence-electron chi connectivity index (χ2n) is 5.65. The SMILES string of the molecule is CCOC(=O)C1=C(COC(=O)COc2ccccc2C)NC(=O)N[C@H]1C. The van der Waals surface area contributed by atoms with Crippen LogP contribution in [0.15, 0.2) is 35.5 Å². The van der Waals surface area contributed by atoms with E-state index in [9.17, 15) is 14.4 Å². The molecular weight excluding hydrogens is 340 g/mol. The fourth-order valence-corrected chi connectivity index (χ4v) is 2.44. The maximum Gasteiger partial charge on any atom is 0.344 e. The molecule has 0 radical (unpaired) electrons. The molecule has 1 aromatic rings. The van der Waals surface area contributed by atoms with Gasteiger partial charge in [-0.05, 0) is 32.4 Å². The van der Waals surface area contributed by atoms with Crippen LogP contribution >= 0.6 is 0 Å². The van der Waals surface area contributed by atoms with E-state index in [-0.39, 0.29) is 31.1 Å². The number of para-hydroxylation sites is 1. The number of hydrogen-bond donors (Lipinski definition) is 2.